The minimum atomic E-state index is 0.580. The number of nitrogens with one attached hydrogen (secondary N) is 1. The van der Waals surface area contributed by atoms with E-state index in [1.165, 1.54) is 0 Å². The number of hydrazone groups is 1. The van der Waals surface area contributed by atoms with E-state index < -0.39 is 0 Å². The van der Waals surface area contributed by atoms with Crippen molar-refractivity contribution in [2.24, 2.45) is 5.10 Å². The SMILES string of the molecule is Clc1cccc(Cl)c1C=NNc1ccccc1. The van der Waals surface area contributed by atoms with Crippen LogP contribution in [0.15, 0.2) is 53.6 Å². The van der Waals surface area contributed by atoms with E-state index in [2.05, 4.69) is 10.5 Å². The number of halogens is 2. The molecule has 2 aromatic carbocycles. The largest absolute Gasteiger partial charge is 0.279 e. The Balaban J connectivity index is 2.11. The average Bonchev–Trinajstić information content (AvgIpc) is 2.34. The van der Waals surface area contributed by atoms with Gasteiger partial charge in [-0.1, -0.05) is 47.5 Å². The van der Waals surface area contributed by atoms with E-state index in [4.69, 9.17) is 23.2 Å². The second-order valence-corrected chi connectivity index (χ2v) is 4.19. The highest BCUT2D eigenvalue weighted by atomic mass is 35.5. The average molecular weight is 265 g/mol. The fourth-order valence-corrected chi connectivity index (χ4v) is 1.81. The van der Waals surface area contributed by atoms with Gasteiger partial charge in [-0.2, -0.15) is 5.10 Å². The van der Waals surface area contributed by atoms with Gasteiger partial charge in [-0.05, 0) is 24.3 Å². The van der Waals surface area contributed by atoms with Gasteiger partial charge in [-0.3, -0.25) is 5.43 Å². The molecule has 0 aliphatic heterocycles. The molecule has 2 rings (SSSR count). The van der Waals surface area contributed by atoms with Gasteiger partial charge in [0.1, 0.15) is 0 Å². The van der Waals surface area contributed by atoms with Crippen molar-refractivity contribution in [3.05, 3.63) is 64.1 Å². The molecule has 0 atom stereocenters. The molecule has 0 amide bonds. The van der Waals surface area contributed by atoms with Gasteiger partial charge in [-0.15, -0.1) is 0 Å². The van der Waals surface area contributed by atoms with Crippen LogP contribution in [0.4, 0.5) is 5.69 Å². The van der Waals surface area contributed by atoms with Crippen molar-refractivity contribution in [2.45, 2.75) is 0 Å². The summed E-state index contributed by atoms with van der Waals surface area (Å²) in [6, 6.07) is 15.0. The maximum absolute atomic E-state index is 6.01. The molecule has 0 aliphatic rings. The number of para-hydroxylation sites is 1. The molecule has 0 aromatic heterocycles. The van der Waals surface area contributed by atoms with E-state index >= 15 is 0 Å². The predicted octanol–water partition coefficient (Wildman–Crippen LogP) is 4.44. The summed E-state index contributed by atoms with van der Waals surface area (Å²) in [7, 11) is 0. The zero-order chi connectivity index (χ0) is 12.1. The van der Waals surface area contributed by atoms with Gasteiger partial charge in [0.15, 0.2) is 0 Å². The lowest BCUT2D eigenvalue weighted by Crippen LogP contribution is -1.91. The molecule has 1 N–H and O–H groups in total. The molecule has 0 saturated heterocycles. The molecule has 17 heavy (non-hydrogen) atoms. The zero-order valence-electron chi connectivity index (χ0n) is 8.90. The Hall–Kier alpha value is -1.51. The zero-order valence-corrected chi connectivity index (χ0v) is 10.4. The van der Waals surface area contributed by atoms with E-state index in [1.54, 1.807) is 24.4 Å². The van der Waals surface area contributed by atoms with Crippen LogP contribution in [-0.4, -0.2) is 6.21 Å². The predicted molar refractivity (Wildman–Crippen MR) is 74.1 cm³/mol. The van der Waals surface area contributed by atoms with Crippen LogP contribution in [-0.2, 0) is 0 Å². The first-order chi connectivity index (χ1) is 8.27. The number of nitrogens with zero attached hydrogens (tertiary/aromatic N) is 1. The van der Waals surface area contributed by atoms with E-state index in [-0.39, 0.29) is 0 Å². The summed E-state index contributed by atoms with van der Waals surface area (Å²) >= 11 is 12.0. The van der Waals surface area contributed by atoms with E-state index in [1.807, 2.05) is 30.3 Å². The Kier molecular flexibility index (Phi) is 4.02. The number of hydrogen-bond donors (Lipinski definition) is 1. The van der Waals surface area contributed by atoms with Crippen LogP contribution in [0.5, 0.6) is 0 Å². The van der Waals surface area contributed by atoms with Crippen molar-refractivity contribution in [2.75, 3.05) is 5.43 Å². The molecule has 0 unspecified atom stereocenters. The van der Waals surface area contributed by atoms with Crippen molar-refractivity contribution in [1.82, 2.24) is 0 Å². The third-order valence-electron chi connectivity index (χ3n) is 2.16. The summed E-state index contributed by atoms with van der Waals surface area (Å²) < 4.78 is 0. The van der Waals surface area contributed by atoms with Crippen molar-refractivity contribution >= 4 is 35.1 Å². The van der Waals surface area contributed by atoms with Gasteiger partial charge in [0.05, 0.1) is 21.9 Å². The van der Waals surface area contributed by atoms with Crippen molar-refractivity contribution in [1.29, 1.82) is 0 Å². The molecule has 0 heterocycles. The highest BCUT2D eigenvalue weighted by Gasteiger charge is 2.01. The lowest BCUT2D eigenvalue weighted by molar-refractivity contribution is 1.35. The molecule has 86 valence electrons. The smallest absolute Gasteiger partial charge is 0.0574 e. The maximum atomic E-state index is 6.01. The van der Waals surface area contributed by atoms with Gasteiger partial charge in [0.25, 0.3) is 0 Å². The number of anilines is 1. The number of hydrogen-bond acceptors (Lipinski definition) is 2. The lowest BCUT2D eigenvalue weighted by Gasteiger charge is -2.01. The molecule has 2 nitrogen and oxygen atoms in total. The fraction of sp³-hybridized carbons (Fsp3) is 0. The fourth-order valence-electron chi connectivity index (χ4n) is 1.32. The summed E-state index contributed by atoms with van der Waals surface area (Å²) in [4.78, 5) is 0. The first-order valence-corrected chi connectivity index (χ1v) is 5.81. The van der Waals surface area contributed by atoms with Crippen LogP contribution < -0.4 is 5.43 Å². The Morgan fingerprint density at radius 2 is 1.53 bits per heavy atom. The highest BCUT2D eigenvalue weighted by molar-refractivity contribution is 6.38. The van der Waals surface area contributed by atoms with Crippen LogP contribution in [0, 0.1) is 0 Å². The molecule has 0 aliphatic carbocycles. The van der Waals surface area contributed by atoms with Crippen molar-refractivity contribution in [3.8, 4) is 0 Å². The first kappa shape index (κ1) is 12.0. The van der Waals surface area contributed by atoms with Crippen LogP contribution in [0.1, 0.15) is 5.56 Å². The Morgan fingerprint density at radius 3 is 2.18 bits per heavy atom. The van der Waals surface area contributed by atoms with Crippen LogP contribution in [0.2, 0.25) is 10.0 Å². The van der Waals surface area contributed by atoms with E-state index in [0.29, 0.717) is 15.6 Å². The van der Waals surface area contributed by atoms with Gasteiger partial charge < -0.3 is 0 Å². The molecule has 0 bridgehead atoms. The molecular weight excluding hydrogens is 255 g/mol. The van der Waals surface area contributed by atoms with Crippen LogP contribution in [0.3, 0.4) is 0 Å². The Bertz CT molecular complexity index is 504. The Labute approximate surface area is 110 Å². The first-order valence-electron chi connectivity index (χ1n) is 5.05. The number of benzene rings is 2. The van der Waals surface area contributed by atoms with Crippen LogP contribution in [0.25, 0.3) is 0 Å². The summed E-state index contributed by atoms with van der Waals surface area (Å²) in [5.74, 6) is 0. The summed E-state index contributed by atoms with van der Waals surface area (Å²) in [5.41, 5.74) is 4.52. The second-order valence-electron chi connectivity index (χ2n) is 3.37. The lowest BCUT2D eigenvalue weighted by atomic mass is 10.2. The van der Waals surface area contributed by atoms with Gasteiger partial charge in [-0.25, -0.2) is 0 Å². The molecule has 0 fully saturated rings. The summed E-state index contributed by atoms with van der Waals surface area (Å²) in [6.07, 6.45) is 1.61. The minimum absolute atomic E-state index is 0.580. The molecular formula is C13H10Cl2N2. The van der Waals surface area contributed by atoms with Gasteiger partial charge in [0, 0.05) is 5.56 Å². The highest BCUT2D eigenvalue weighted by Crippen LogP contribution is 2.22. The molecule has 0 radical (unpaired) electrons. The summed E-state index contributed by atoms with van der Waals surface area (Å²) in [5, 5.41) is 5.25. The molecule has 2 aromatic rings. The minimum Gasteiger partial charge on any atom is -0.279 e. The van der Waals surface area contributed by atoms with Gasteiger partial charge >= 0.3 is 0 Å². The normalized spacial score (nSPS) is 10.7. The number of rotatable bonds is 3. The van der Waals surface area contributed by atoms with E-state index in [0.717, 1.165) is 5.69 Å². The molecule has 4 heteroatoms. The quantitative estimate of drug-likeness (QED) is 0.644. The maximum Gasteiger partial charge on any atom is 0.0574 e. The molecule has 0 saturated carbocycles. The summed E-state index contributed by atoms with van der Waals surface area (Å²) in [6.45, 7) is 0. The molecule has 0 spiro atoms. The standard InChI is InChI=1S/C13H10Cl2N2/c14-12-7-4-8-13(15)11(12)9-16-17-10-5-2-1-3-6-10/h1-9,17H. The second kappa shape index (κ2) is 5.71. The Morgan fingerprint density at radius 1 is 0.882 bits per heavy atom. The third-order valence-corrected chi connectivity index (χ3v) is 2.82. The monoisotopic (exact) mass is 264 g/mol. The third kappa shape index (κ3) is 3.22. The van der Waals surface area contributed by atoms with Gasteiger partial charge in [0.2, 0.25) is 0 Å². The van der Waals surface area contributed by atoms with E-state index in [9.17, 15) is 0 Å². The van der Waals surface area contributed by atoms with Crippen molar-refractivity contribution in [3.63, 3.8) is 0 Å². The topological polar surface area (TPSA) is 24.4 Å². The van der Waals surface area contributed by atoms with Crippen molar-refractivity contribution < 1.29 is 0 Å². The van der Waals surface area contributed by atoms with Crippen LogP contribution >= 0.6 is 23.2 Å².